The maximum Gasteiger partial charge on any atom is 0.262 e. The number of halogens is 1. The highest BCUT2D eigenvalue weighted by Gasteiger charge is 2.37. The Labute approximate surface area is 169 Å². The molecule has 0 aliphatic carbocycles. The van der Waals surface area contributed by atoms with Crippen LogP contribution in [0.25, 0.3) is 0 Å². The van der Waals surface area contributed by atoms with Crippen molar-refractivity contribution in [3.8, 4) is 11.5 Å². The molecule has 7 heteroatoms. The number of benzene rings is 2. The minimum Gasteiger partial charge on any atom is -0.490 e. The third-order valence-electron chi connectivity index (χ3n) is 4.59. The van der Waals surface area contributed by atoms with Gasteiger partial charge in [0.2, 0.25) is 5.91 Å². The fraction of sp³-hybridized carbons (Fsp3) is 0.364. The monoisotopic (exact) mass is 400 g/mol. The number of anilines is 2. The molecule has 0 spiro atoms. The van der Waals surface area contributed by atoms with Gasteiger partial charge < -0.3 is 19.7 Å². The Kier molecular flexibility index (Phi) is 6.06. The number of rotatable bonds is 6. The van der Waals surface area contributed by atoms with E-state index < -0.39 is 17.1 Å². The third kappa shape index (κ3) is 4.67. The number of amides is 2. The first-order valence-electron chi connectivity index (χ1n) is 9.58. The van der Waals surface area contributed by atoms with E-state index in [-0.39, 0.29) is 24.9 Å². The van der Waals surface area contributed by atoms with Crippen LogP contribution in [0.4, 0.5) is 15.8 Å². The number of nitrogens with one attached hydrogen (secondary N) is 1. The van der Waals surface area contributed by atoms with Gasteiger partial charge in [0.05, 0.1) is 11.1 Å². The molecule has 3 rings (SSSR count). The molecule has 0 atom stereocenters. The van der Waals surface area contributed by atoms with Gasteiger partial charge in [-0.1, -0.05) is 19.1 Å². The van der Waals surface area contributed by atoms with Crippen molar-refractivity contribution in [3.63, 3.8) is 0 Å². The number of para-hydroxylation sites is 1. The highest BCUT2D eigenvalue weighted by Crippen LogP contribution is 2.38. The maximum absolute atomic E-state index is 13.6. The smallest absolute Gasteiger partial charge is 0.262 e. The SMILES string of the molecule is CCCN1C(=O)C(C)(C)COc2cc(NC(=O)COc3ccccc3F)ccc21. The summed E-state index contributed by atoms with van der Waals surface area (Å²) in [5, 5.41) is 2.71. The topological polar surface area (TPSA) is 67.9 Å². The standard InChI is InChI=1S/C22H25FN2O4/c1-4-11-25-17-10-9-15(12-19(17)29-14-22(2,3)21(25)27)24-20(26)13-28-18-8-6-5-7-16(18)23/h5-10,12H,4,11,13-14H2,1-3H3,(H,24,26). The summed E-state index contributed by atoms with van der Waals surface area (Å²) in [5.74, 6) is -0.395. The number of ether oxygens (including phenoxy) is 2. The van der Waals surface area contributed by atoms with Gasteiger partial charge in [-0.05, 0) is 44.5 Å². The first-order chi connectivity index (χ1) is 13.8. The second-order valence-corrected chi connectivity index (χ2v) is 7.58. The van der Waals surface area contributed by atoms with Gasteiger partial charge in [0, 0.05) is 18.3 Å². The van der Waals surface area contributed by atoms with Crippen molar-refractivity contribution < 1.29 is 23.5 Å². The molecule has 0 unspecified atom stereocenters. The normalized spacial score (nSPS) is 15.2. The Hall–Kier alpha value is -3.09. The number of carbonyl (C=O) groups excluding carboxylic acids is 2. The number of carbonyl (C=O) groups is 2. The molecule has 29 heavy (non-hydrogen) atoms. The lowest BCUT2D eigenvalue weighted by molar-refractivity contribution is -0.127. The fourth-order valence-electron chi connectivity index (χ4n) is 3.07. The van der Waals surface area contributed by atoms with Crippen molar-refractivity contribution in [3.05, 3.63) is 48.3 Å². The molecule has 1 aliphatic rings. The van der Waals surface area contributed by atoms with Crippen LogP contribution < -0.4 is 19.7 Å². The largest absolute Gasteiger partial charge is 0.490 e. The fourth-order valence-corrected chi connectivity index (χ4v) is 3.07. The Morgan fingerprint density at radius 3 is 2.76 bits per heavy atom. The molecule has 1 N–H and O–H groups in total. The van der Waals surface area contributed by atoms with E-state index in [1.54, 1.807) is 35.2 Å². The van der Waals surface area contributed by atoms with Crippen LogP contribution in [0.3, 0.4) is 0 Å². The lowest BCUT2D eigenvalue weighted by atomic mass is 9.93. The first-order valence-corrected chi connectivity index (χ1v) is 9.58. The van der Waals surface area contributed by atoms with Gasteiger partial charge in [-0.25, -0.2) is 4.39 Å². The van der Waals surface area contributed by atoms with Gasteiger partial charge in [-0.2, -0.15) is 0 Å². The highest BCUT2D eigenvalue weighted by molar-refractivity contribution is 6.00. The number of hydrogen-bond acceptors (Lipinski definition) is 4. The summed E-state index contributed by atoms with van der Waals surface area (Å²) < 4.78 is 24.7. The Morgan fingerprint density at radius 1 is 1.28 bits per heavy atom. The van der Waals surface area contributed by atoms with E-state index in [4.69, 9.17) is 9.47 Å². The van der Waals surface area contributed by atoms with E-state index >= 15 is 0 Å². The van der Waals surface area contributed by atoms with Crippen LogP contribution in [0.2, 0.25) is 0 Å². The zero-order valence-electron chi connectivity index (χ0n) is 16.8. The average Bonchev–Trinajstić information content (AvgIpc) is 2.78. The summed E-state index contributed by atoms with van der Waals surface area (Å²) in [4.78, 5) is 26.8. The van der Waals surface area contributed by atoms with Crippen LogP contribution in [0.15, 0.2) is 42.5 Å². The van der Waals surface area contributed by atoms with E-state index in [0.717, 1.165) is 6.42 Å². The van der Waals surface area contributed by atoms with Gasteiger partial charge >= 0.3 is 0 Å². The van der Waals surface area contributed by atoms with Gasteiger partial charge in [0.1, 0.15) is 12.4 Å². The van der Waals surface area contributed by atoms with Gasteiger partial charge in [0.15, 0.2) is 18.2 Å². The first kappa shape index (κ1) is 20.6. The molecule has 6 nitrogen and oxygen atoms in total. The van der Waals surface area contributed by atoms with Crippen molar-refractivity contribution >= 4 is 23.2 Å². The van der Waals surface area contributed by atoms with E-state index in [9.17, 15) is 14.0 Å². The van der Waals surface area contributed by atoms with E-state index in [2.05, 4.69) is 5.32 Å². The predicted molar refractivity (Wildman–Crippen MR) is 109 cm³/mol. The molecule has 1 heterocycles. The van der Waals surface area contributed by atoms with Crippen LogP contribution in [-0.4, -0.2) is 31.6 Å². The van der Waals surface area contributed by atoms with Crippen LogP contribution in [0.1, 0.15) is 27.2 Å². The van der Waals surface area contributed by atoms with Crippen LogP contribution in [0.5, 0.6) is 11.5 Å². The molecular formula is C22H25FN2O4. The van der Waals surface area contributed by atoms with Crippen LogP contribution in [0, 0.1) is 11.2 Å². The van der Waals surface area contributed by atoms with Crippen LogP contribution in [-0.2, 0) is 9.59 Å². The summed E-state index contributed by atoms with van der Waals surface area (Å²) in [6.07, 6.45) is 0.813. The van der Waals surface area contributed by atoms with Crippen molar-refractivity contribution in [2.45, 2.75) is 27.2 Å². The molecule has 2 amide bonds. The molecule has 154 valence electrons. The van der Waals surface area contributed by atoms with Gasteiger partial charge in [-0.15, -0.1) is 0 Å². The summed E-state index contributed by atoms with van der Waals surface area (Å²) in [7, 11) is 0. The van der Waals surface area contributed by atoms with Gasteiger partial charge in [0.25, 0.3) is 5.91 Å². The number of nitrogens with zero attached hydrogens (tertiary/aromatic N) is 1. The van der Waals surface area contributed by atoms with E-state index in [1.165, 1.54) is 12.1 Å². The molecule has 0 bridgehead atoms. The van der Waals surface area contributed by atoms with E-state index in [0.29, 0.717) is 23.7 Å². The van der Waals surface area contributed by atoms with E-state index in [1.807, 2.05) is 20.8 Å². The Morgan fingerprint density at radius 2 is 2.03 bits per heavy atom. The zero-order valence-corrected chi connectivity index (χ0v) is 16.8. The summed E-state index contributed by atoms with van der Waals surface area (Å²) >= 11 is 0. The number of fused-ring (bicyclic) bond motifs is 1. The zero-order chi connectivity index (χ0) is 21.0. The molecule has 2 aromatic rings. The van der Waals surface area contributed by atoms with Crippen molar-refractivity contribution in [1.29, 1.82) is 0 Å². The average molecular weight is 400 g/mol. The predicted octanol–water partition coefficient (Wildman–Crippen LogP) is 4.00. The Balaban J connectivity index is 1.73. The summed E-state index contributed by atoms with van der Waals surface area (Å²) in [6, 6.07) is 11.1. The minimum atomic E-state index is -0.648. The van der Waals surface area contributed by atoms with Crippen LogP contribution >= 0.6 is 0 Å². The second kappa shape index (κ2) is 8.51. The van der Waals surface area contributed by atoms with Crippen molar-refractivity contribution in [2.24, 2.45) is 5.41 Å². The molecule has 0 radical (unpaired) electrons. The molecule has 2 aromatic carbocycles. The maximum atomic E-state index is 13.6. The summed E-state index contributed by atoms with van der Waals surface area (Å²) in [6.45, 7) is 6.22. The minimum absolute atomic E-state index is 0.00757. The second-order valence-electron chi connectivity index (χ2n) is 7.58. The number of hydrogen-bond donors (Lipinski definition) is 1. The lowest BCUT2D eigenvalue weighted by Gasteiger charge is -2.27. The molecule has 0 saturated carbocycles. The molecule has 0 aromatic heterocycles. The molecule has 0 fully saturated rings. The lowest BCUT2D eigenvalue weighted by Crippen LogP contribution is -2.42. The molecule has 1 aliphatic heterocycles. The van der Waals surface area contributed by atoms with Crippen molar-refractivity contribution in [1.82, 2.24) is 0 Å². The van der Waals surface area contributed by atoms with Gasteiger partial charge in [-0.3, -0.25) is 9.59 Å². The Bertz CT molecular complexity index is 913. The van der Waals surface area contributed by atoms with Crippen molar-refractivity contribution in [2.75, 3.05) is 30.0 Å². The molecular weight excluding hydrogens is 375 g/mol. The third-order valence-corrected chi connectivity index (χ3v) is 4.59. The summed E-state index contributed by atoms with van der Waals surface area (Å²) in [5.41, 5.74) is 0.545. The molecule has 0 saturated heterocycles. The quantitative estimate of drug-likeness (QED) is 0.796. The highest BCUT2D eigenvalue weighted by atomic mass is 19.1.